The number of aryl methyl sites for hydroxylation is 1. The molecule has 0 N–H and O–H groups in total. The van der Waals surface area contributed by atoms with Crippen LogP contribution in [0.4, 0.5) is 0 Å². The molecule has 1 aromatic carbocycles. The Morgan fingerprint density at radius 1 is 1.03 bits per heavy atom. The monoisotopic (exact) mass is 438 g/mol. The molecule has 4 nitrogen and oxygen atoms in total. The van der Waals surface area contributed by atoms with E-state index in [0.717, 1.165) is 26.4 Å². The van der Waals surface area contributed by atoms with Crippen molar-refractivity contribution in [2.75, 3.05) is 0 Å². The highest BCUT2D eigenvalue weighted by Crippen LogP contribution is 2.37. The molecule has 4 aromatic rings. The summed E-state index contributed by atoms with van der Waals surface area (Å²) in [5.41, 5.74) is 3.86. The van der Waals surface area contributed by atoms with Gasteiger partial charge in [-0.15, -0.1) is 11.3 Å². The van der Waals surface area contributed by atoms with Gasteiger partial charge < -0.3 is 4.57 Å². The first-order valence-electron chi connectivity index (χ1n) is 8.74. The molecular weight excluding hydrogens is 427 g/mol. The molecule has 3 heterocycles. The SMILES string of the molecule is Cn1c(-c2cccnc2)cc2sc(C=C3C(=O)c4cc(Cl)c(Cl)cc4C3=O)cc21. The molecule has 1 aliphatic carbocycles. The zero-order valence-corrected chi connectivity index (χ0v) is 17.4. The number of Topliss-reactive ketones (excluding diaryl/α,β-unsaturated/α-hetero) is 2. The molecule has 7 heteroatoms. The summed E-state index contributed by atoms with van der Waals surface area (Å²) in [6, 6.07) is 10.9. The van der Waals surface area contributed by atoms with Crippen molar-refractivity contribution in [3.8, 4) is 11.3 Å². The van der Waals surface area contributed by atoms with E-state index >= 15 is 0 Å². The van der Waals surface area contributed by atoms with E-state index in [1.54, 1.807) is 12.3 Å². The lowest BCUT2D eigenvalue weighted by atomic mass is 10.1. The van der Waals surface area contributed by atoms with Gasteiger partial charge in [0.05, 0.1) is 31.5 Å². The van der Waals surface area contributed by atoms with Crippen molar-refractivity contribution >= 4 is 62.4 Å². The predicted molar refractivity (Wildman–Crippen MR) is 117 cm³/mol. The van der Waals surface area contributed by atoms with Gasteiger partial charge in [0.2, 0.25) is 0 Å². The number of aromatic nitrogens is 2. The number of nitrogens with zero attached hydrogens (tertiary/aromatic N) is 2. The zero-order chi connectivity index (χ0) is 20.3. The molecule has 0 amide bonds. The molecule has 0 saturated carbocycles. The van der Waals surface area contributed by atoms with E-state index in [4.69, 9.17) is 23.2 Å². The number of halogens is 2. The van der Waals surface area contributed by atoms with Crippen LogP contribution < -0.4 is 0 Å². The van der Waals surface area contributed by atoms with Gasteiger partial charge in [-0.2, -0.15) is 0 Å². The fourth-order valence-corrected chi connectivity index (χ4v) is 4.98. The average Bonchev–Trinajstić information content (AvgIpc) is 3.32. The minimum atomic E-state index is -0.322. The standard InChI is InChI=1S/C22H12Cl2N2O2S/c1-26-18(11-3-2-4-25-10-11)9-20-19(26)6-12(29-20)5-15-21(27)13-7-16(23)17(24)8-14(13)22(15)28/h2-10H,1H3. The number of thiophene rings is 1. The maximum Gasteiger partial charge on any atom is 0.197 e. The van der Waals surface area contributed by atoms with Crippen molar-refractivity contribution in [3.05, 3.63) is 80.4 Å². The summed E-state index contributed by atoms with van der Waals surface area (Å²) in [4.78, 5) is 30.5. The summed E-state index contributed by atoms with van der Waals surface area (Å²) in [6.07, 6.45) is 5.22. The second-order valence-corrected chi connectivity index (χ2v) is 8.69. The summed E-state index contributed by atoms with van der Waals surface area (Å²) < 4.78 is 3.15. The van der Waals surface area contributed by atoms with Gasteiger partial charge in [0, 0.05) is 41.0 Å². The van der Waals surface area contributed by atoms with Gasteiger partial charge in [0.15, 0.2) is 11.6 Å². The van der Waals surface area contributed by atoms with Crippen LogP contribution in [-0.4, -0.2) is 21.1 Å². The summed E-state index contributed by atoms with van der Waals surface area (Å²) in [7, 11) is 1.99. The van der Waals surface area contributed by atoms with E-state index in [0.29, 0.717) is 11.1 Å². The number of hydrogen-bond donors (Lipinski definition) is 0. The van der Waals surface area contributed by atoms with Gasteiger partial charge in [0.1, 0.15) is 0 Å². The van der Waals surface area contributed by atoms with Crippen LogP contribution in [0.5, 0.6) is 0 Å². The van der Waals surface area contributed by atoms with E-state index in [9.17, 15) is 9.59 Å². The molecule has 0 atom stereocenters. The molecule has 5 rings (SSSR count). The number of carbonyl (C=O) groups is 2. The van der Waals surface area contributed by atoms with E-state index in [-0.39, 0.29) is 27.2 Å². The van der Waals surface area contributed by atoms with Crippen molar-refractivity contribution in [3.63, 3.8) is 0 Å². The Morgan fingerprint density at radius 2 is 1.72 bits per heavy atom. The van der Waals surface area contributed by atoms with Gasteiger partial charge in [0.25, 0.3) is 0 Å². The second-order valence-electron chi connectivity index (χ2n) is 6.76. The Labute approximate surface area is 180 Å². The van der Waals surface area contributed by atoms with E-state index < -0.39 is 0 Å². The van der Waals surface area contributed by atoms with E-state index in [2.05, 4.69) is 15.6 Å². The van der Waals surface area contributed by atoms with Gasteiger partial charge >= 0.3 is 0 Å². The lowest BCUT2D eigenvalue weighted by Crippen LogP contribution is -1.99. The number of fused-ring (bicyclic) bond motifs is 2. The van der Waals surface area contributed by atoms with Crippen LogP contribution in [0.2, 0.25) is 10.0 Å². The first-order valence-corrected chi connectivity index (χ1v) is 10.3. The van der Waals surface area contributed by atoms with Gasteiger partial charge in [-0.05, 0) is 42.5 Å². The Bertz CT molecular complexity index is 1320. The van der Waals surface area contributed by atoms with Crippen LogP contribution >= 0.6 is 34.5 Å². The fourth-order valence-electron chi connectivity index (χ4n) is 3.58. The van der Waals surface area contributed by atoms with Crippen molar-refractivity contribution in [1.82, 2.24) is 9.55 Å². The first-order chi connectivity index (χ1) is 13.9. The third kappa shape index (κ3) is 2.85. The van der Waals surface area contributed by atoms with Gasteiger partial charge in [-0.3, -0.25) is 14.6 Å². The fraction of sp³-hybridized carbons (Fsp3) is 0.0455. The van der Waals surface area contributed by atoms with Crippen molar-refractivity contribution in [1.29, 1.82) is 0 Å². The van der Waals surface area contributed by atoms with Crippen molar-refractivity contribution < 1.29 is 9.59 Å². The number of hydrogen-bond acceptors (Lipinski definition) is 4. The number of benzene rings is 1. The van der Waals surface area contributed by atoms with Crippen LogP contribution in [0.1, 0.15) is 25.6 Å². The first kappa shape index (κ1) is 18.3. The summed E-state index contributed by atoms with van der Waals surface area (Å²) >= 11 is 13.6. The predicted octanol–water partition coefficient (Wildman–Crippen LogP) is 6.07. The molecule has 1 aliphatic rings. The molecule has 0 unspecified atom stereocenters. The van der Waals surface area contributed by atoms with Crippen molar-refractivity contribution in [2.45, 2.75) is 0 Å². The quantitative estimate of drug-likeness (QED) is 0.281. The van der Waals surface area contributed by atoms with Crippen LogP contribution in [-0.2, 0) is 7.05 Å². The number of allylic oxidation sites excluding steroid dienone is 1. The van der Waals surface area contributed by atoms with Gasteiger partial charge in [-0.1, -0.05) is 23.2 Å². The number of ketones is 2. The lowest BCUT2D eigenvalue weighted by Gasteiger charge is -2.02. The minimum Gasteiger partial charge on any atom is -0.343 e. The highest BCUT2D eigenvalue weighted by molar-refractivity contribution is 7.19. The Morgan fingerprint density at radius 3 is 2.31 bits per heavy atom. The summed E-state index contributed by atoms with van der Waals surface area (Å²) in [6.45, 7) is 0. The molecule has 0 saturated heterocycles. The molecule has 0 radical (unpaired) electrons. The largest absolute Gasteiger partial charge is 0.343 e. The molecule has 0 aliphatic heterocycles. The molecule has 142 valence electrons. The highest BCUT2D eigenvalue weighted by atomic mass is 35.5. The smallest absolute Gasteiger partial charge is 0.197 e. The van der Waals surface area contributed by atoms with E-state index in [1.807, 2.05) is 31.4 Å². The van der Waals surface area contributed by atoms with Crippen LogP contribution in [0.25, 0.3) is 27.6 Å². The average molecular weight is 439 g/mol. The minimum absolute atomic E-state index is 0.136. The maximum absolute atomic E-state index is 12.7. The Kier molecular flexibility index (Phi) is 4.21. The van der Waals surface area contributed by atoms with E-state index in [1.165, 1.54) is 23.5 Å². The third-order valence-corrected chi connectivity index (χ3v) is 6.77. The number of carbonyl (C=O) groups excluding carboxylic acids is 2. The second kappa shape index (κ2) is 6.66. The number of rotatable bonds is 2. The normalized spacial score (nSPS) is 13.4. The highest BCUT2D eigenvalue weighted by Gasteiger charge is 2.34. The number of pyridine rings is 1. The molecule has 0 spiro atoms. The summed E-state index contributed by atoms with van der Waals surface area (Å²) in [5, 5.41) is 0.523. The molecule has 3 aromatic heterocycles. The topological polar surface area (TPSA) is 52.0 Å². The zero-order valence-electron chi connectivity index (χ0n) is 15.1. The Balaban J connectivity index is 1.56. The lowest BCUT2D eigenvalue weighted by molar-refractivity contribution is 0.0990. The molecule has 29 heavy (non-hydrogen) atoms. The molecule has 0 bridgehead atoms. The molecule has 0 fully saturated rings. The Hall–Kier alpha value is -2.73. The van der Waals surface area contributed by atoms with Crippen LogP contribution in [0.3, 0.4) is 0 Å². The molecular formula is C22H12Cl2N2O2S. The van der Waals surface area contributed by atoms with Crippen molar-refractivity contribution in [2.24, 2.45) is 7.05 Å². The van der Waals surface area contributed by atoms with Crippen LogP contribution in [0, 0.1) is 0 Å². The van der Waals surface area contributed by atoms with Crippen LogP contribution in [0.15, 0.2) is 54.4 Å². The third-order valence-electron chi connectivity index (χ3n) is 5.03. The summed E-state index contributed by atoms with van der Waals surface area (Å²) in [5.74, 6) is -0.644. The van der Waals surface area contributed by atoms with Gasteiger partial charge in [-0.25, -0.2) is 0 Å². The maximum atomic E-state index is 12.7.